The predicted octanol–water partition coefficient (Wildman–Crippen LogP) is 2.52. The van der Waals surface area contributed by atoms with Crippen molar-refractivity contribution in [3.8, 4) is 6.07 Å². The molecule has 0 aliphatic rings. The number of carbonyl (C=O) groups is 1. The molecule has 0 unspecified atom stereocenters. The van der Waals surface area contributed by atoms with E-state index in [2.05, 4.69) is 17.9 Å². The molecular weight excluding hydrogens is 240 g/mol. The molecule has 4 nitrogen and oxygen atoms in total. The highest BCUT2D eigenvalue weighted by molar-refractivity contribution is 5.85. The summed E-state index contributed by atoms with van der Waals surface area (Å²) in [6, 6.07) is 9.91. The van der Waals surface area contributed by atoms with Crippen LogP contribution in [0.3, 0.4) is 0 Å². The van der Waals surface area contributed by atoms with E-state index in [0.717, 1.165) is 36.8 Å². The highest BCUT2D eigenvalue weighted by Gasteiger charge is 2.03. The lowest BCUT2D eigenvalue weighted by Gasteiger charge is -2.18. The molecule has 0 heterocycles. The molecule has 1 rings (SSSR count). The van der Waals surface area contributed by atoms with E-state index in [1.165, 1.54) is 0 Å². The van der Waals surface area contributed by atoms with Crippen LogP contribution in [-0.2, 0) is 11.3 Å². The first kappa shape index (κ1) is 14.9. The zero-order valence-electron chi connectivity index (χ0n) is 11.0. The lowest BCUT2D eigenvalue weighted by molar-refractivity contribution is -0.131. The maximum atomic E-state index is 10.4. The predicted molar refractivity (Wildman–Crippen MR) is 74.3 cm³/mol. The second kappa shape index (κ2) is 8.06. The molecule has 0 bridgehead atoms. The molecular formula is C15H18N2O2. The minimum Gasteiger partial charge on any atom is -0.478 e. The van der Waals surface area contributed by atoms with Crippen molar-refractivity contribution in [3.05, 3.63) is 41.5 Å². The molecule has 0 radical (unpaired) electrons. The highest BCUT2D eigenvalue weighted by atomic mass is 16.4. The van der Waals surface area contributed by atoms with E-state index in [0.29, 0.717) is 6.42 Å². The lowest BCUT2D eigenvalue weighted by Crippen LogP contribution is -2.23. The smallest absolute Gasteiger partial charge is 0.328 e. The summed E-state index contributed by atoms with van der Waals surface area (Å²) in [6.45, 7) is 4.55. The first-order valence-electron chi connectivity index (χ1n) is 6.25. The molecule has 0 aliphatic carbocycles. The Kier molecular flexibility index (Phi) is 6.34. The Bertz CT molecular complexity index is 472. The van der Waals surface area contributed by atoms with E-state index < -0.39 is 5.97 Å². The second-order valence-electron chi connectivity index (χ2n) is 4.19. The number of hydrogen-bond acceptors (Lipinski definition) is 3. The highest BCUT2D eigenvalue weighted by Crippen LogP contribution is 2.09. The average Bonchev–Trinajstić information content (AvgIpc) is 2.42. The molecule has 1 aromatic carbocycles. The van der Waals surface area contributed by atoms with Gasteiger partial charge in [-0.05, 0) is 23.7 Å². The number of benzene rings is 1. The fourth-order valence-electron chi connectivity index (χ4n) is 1.72. The second-order valence-corrected chi connectivity index (χ2v) is 4.19. The molecule has 100 valence electrons. The van der Waals surface area contributed by atoms with Gasteiger partial charge in [-0.25, -0.2) is 4.79 Å². The normalized spacial score (nSPS) is 10.8. The van der Waals surface area contributed by atoms with Crippen molar-refractivity contribution in [2.75, 3.05) is 13.1 Å². The topological polar surface area (TPSA) is 64.3 Å². The van der Waals surface area contributed by atoms with Gasteiger partial charge in [-0.1, -0.05) is 31.2 Å². The summed E-state index contributed by atoms with van der Waals surface area (Å²) in [5.74, 6) is -0.947. The van der Waals surface area contributed by atoms with Crippen LogP contribution in [0.5, 0.6) is 0 Å². The quantitative estimate of drug-likeness (QED) is 0.763. The minimum atomic E-state index is -0.947. The van der Waals surface area contributed by atoms with Gasteiger partial charge < -0.3 is 5.11 Å². The first-order valence-corrected chi connectivity index (χ1v) is 6.25. The maximum Gasteiger partial charge on any atom is 0.328 e. The van der Waals surface area contributed by atoms with Crippen LogP contribution in [0.4, 0.5) is 0 Å². The summed E-state index contributed by atoms with van der Waals surface area (Å²) in [5, 5.41) is 17.1. The Balaban J connectivity index is 2.60. The fraction of sp³-hybridized carbons (Fsp3) is 0.333. The third-order valence-electron chi connectivity index (χ3n) is 2.79. The van der Waals surface area contributed by atoms with Gasteiger partial charge in [0.25, 0.3) is 0 Å². The standard InChI is InChI=1S/C15H18N2O2/c1-2-17(11-3-10-16)12-14-6-4-13(5-7-14)8-9-15(18)19/h4-9H,2-3,11-12H2,1H3,(H,18,19)/b9-8+. The van der Waals surface area contributed by atoms with Crippen LogP contribution in [0.1, 0.15) is 24.5 Å². The molecule has 0 amide bonds. The fourth-order valence-corrected chi connectivity index (χ4v) is 1.72. The van der Waals surface area contributed by atoms with Crippen molar-refractivity contribution in [2.45, 2.75) is 19.9 Å². The molecule has 0 aromatic heterocycles. The van der Waals surface area contributed by atoms with Gasteiger partial charge >= 0.3 is 5.97 Å². The number of carboxylic acids is 1. The third-order valence-corrected chi connectivity index (χ3v) is 2.79. The summed E-state index contributed by atoms with van der Waals surface area (Å²) in [5.41, 5.74) is 2.03. The molecule has 0 saturated carbocycles. The molecule has 1 aromatic rings. The molecule has 0 spiro atoms. The molecule has 4 heteroatoms. The third kappa shape index (κ3) is 5.84. The van der Waals surface area contributed by atoms with Gasteiger partial charge in [-0.3, -0.25) is 4.90 Å². The van der Waals surface area contributed by atoms with E-state index >= 15 is 0 Å². The average molecular weight is 258 g/mol. The number of nitriles is 1. The van der Waals surface area contributed by atoms with Gasteiger partial charge in [-0.15, -0.1) is 0 Å². The Hall–Kier alpha value is -2.12. The summed E-state index contributed by atoms with van der Waals surface area (Å²) >= 11 is 0. The lowest BCUT2D eigenvalue weighted by atomic mass is 10.1. The SMILES string of the molecule is CCN(CCC#N)Cc1ccc(/C=C/C(=O)O)cc1. The minimum absolute atomic E-state index is 0.535. The molecule has 19 heavy (non-hydrogen) atoms. The number of nitrogens with zero attached hydrogens (tertiary/aromatic N) is 2. The number of aliphatic carboxylic acids is 1. The van der Waals surface area contributed by atoms with Crippen molar-refractivity contribution < 1.29 is 9.90 Å². The van der Waals surface area contributed by atoms with E-state index in [4.69, 9.17) is 10.4 Å². The van der Waals surface area contributed by atoms with E-state index in [9.17, 15) is 4.79 Å². The summed E-state index contributed by atoms with van der Waals surface area (Å²) in [7, 11) is 0. The number of rotatable bonds is 7. The maximum absolute atomic E-state index is 10.4. The summed E-state index contributed by atoms with van der Waals surface area (Å²) in [4.78, 5) is 12.6. The van der Waals surface area contributed by atoms with Crippen molar-refractivity contribution >= 4 is 12.0 Å². The Morgan fingerprint density at radius 1 is 1.42 bits per heavy atom. The largest absolute Gasteiger partial charge is 0.478 e. The van der Waals surface area contributed by atoms with E-state index in [1.54, 1.807) is 6.08 Å². The van der Waals surface area contributed by atoms with E-state index in [1.807, 2.05) is 24.3 Å². The van der Waals surface area contributed by atoms with E-state index in [-0.39, 0.29) is 0 Å². The summed E-state index contributed by atoms with van der Waals surface area (Å²) < 4.78 is 0. The van der Waals surface area contributed by atoms with Crippen molar-refractivity contribution in [3.63, 3.8) is 0 Å². The van der Waals surface area contributed by atoms with Gasteiger partial charge in [0, 0.05) is 25.6 Å². The van der Waals surface area contributed by atoms with Gasteiger partial charge in [0.05, 0.1) is 6.07 Å². The molecule has 1 N–H and O–H groups in total. The van der Waals surface area contributed by atoms with Gasteiger partial charge in [0.2, 0.25) is 0 Å². The van der Waals surface area contributed by atoms with Crippen molar-refractivity contribution in [1.82, 2.24) is 4.90 Å². The summed E-state index contributed by atoms with van der Waals surface area (Å²) in [6.07, 6.45) is 3.23. The van der Waals surface area contributed by atoms with Crippen LogP contribution >= 0.6 is 0 Å². The van der Waals surface area contributed by atoms with Crippen molar-refractivity contribution in [1.29, 1.82) is 5.26 Å². The Morgan fingerprint density at radius 2 is 2.11 bits per heavy atom. The first-order chi connectivity index (χ1) is 9.15. The molecule has 0 saturated heterocycles. The monoisotopic (exact) mass is 258 g/mol. The zero-order chi connectivity index (χ0) is 14.1. The zero-order valence-corrected chi connectivity index (χ0v) is 11.0. The Morgan fingerprint density at radius 3 is 2.63 bits per heavy atom. The van der Waals surface area contributed by atoms with Gasteiger partial charge in [-0.2, -0.15) is 5.26 Å². The van der Waals surface area contributed by atoms with Crippen LogP contribution in [0.15, 0.2) is 30.3 Å². The molecule has 0 aliphatic heterocycles. The van der Waals surface area contributed by atoms with Crippen LogP contribution in [0, 0.1) is 11.3 Å². The van der Waals surface area contributed by atoms with Crippen molar-refractivity contribution in [2.24, 2.45) is 0 Å². The number of carboxylic acid groups (broad SMARTS) is 1. The van der Waals surface area contributed by atoms with Gasteiger partial charge in [0.15, 0.2) is 0 Å². The molecule has 0 atom stereocenters. The number of hydrogen-bond donors (Lipinski definition) is 1. The Labute approximate surface area is 113 Å². The van der Waals surface area contributed by atoms with Gasteiger partial charge in [0.1, 0.15) is 0 Å². The van der Waals surface area contributed by atoms with Crippen LogP contribution < -0.4 is 0 Å². The van der Waals surface area contributed by atoms with Crippen LogP contribution in [0.2, 0.25) is 0 Å². The molecule has 0 fully saturated rings. The van der Waals surface area contributed by atoms with Crippen LogP contribution in [-0.4, -0.2) is 29.1 Å². The van der Waals surface area contributed by atoms with Crippen LogP contribution in [0.25, 0.3) is 6.08 Å².